The second kappa shape index (κ2) is 4.95. The van der Waals surface area contributed by atoms with Crippen molar-refractivity contribution in [1.29, 1.82) is 0 Å². The molecule has 1 heteroatoms. The molecule has 2 rings (SSSR count). The first-order chi connectivity index (χ1) is 7.77. The van der Waals surface area contributed by atoms with Crippen LogP contribution in [0, 0.1) is 6.10 Å². The molecule has 1 nitrogen and oxygen atoms in total. The minimum Gasteiger partial charge on any atom is -0.382 e. The van der Waals surface area contributed by atoms with E-state index in [4.69, 9.17) is 0 Å². The third-order valence-corrected chi connectivity index (χ3v) is 2.64. The summed E-state index contributed by atoms with van der Waals surface area (Å²) >= 11 is 0. The maximum Gasteiger partial charge on any atom is 0.120 e. The average molecular weight is 211 g/mol. The van der Waals surface area contributed by atoms with Crippen LogP contribution in [0.4, 0.5) is 0 Å². The summed E-state index contributed by atoms with van der Waals surface area (Å²) < 4.78 is 0. The first-order valence-electron chi connectivity index (χ1n) is 5.42. The molecule has 0 heterocycles. The lowest BCUT2D eigenvalue weighted by molar-refractivity contribution is 0.340. The summed E-state index contributed by atoms with van der Waals surface area (Å²) in [5, 5.41) is 9.60. The molecule has 0 aliphatic carbocycles. The van der Waals surface area contributed by atoms with E-state index in [9.17, 15) is 5.11 Å². The first kappa shape index (κ1) is 10.9. The van der Waals surface area contributed by atoms with Gasteiger partial charge in [0.05, 0.1) is 0 Å². The summed E-state index contributed by atoms with van der Waals surface area (Å²) in [6.45, 7) is 1.73. The number of aliphatic hydroxyl groups is 1. The van der Waals surface area contributed by atoms with Gasteiger partial charge in [-0.25, -0.2) is 0 Å². The molecule has 0 atom stereocenters. The van der Waals surface area contributed by atoms with Crippen LogP contribution in [-0.2, 0) is 6.42 Å². The molecule has 0 bridgehead atoms. The average Bonchev–Trinajstić information content (AvgIpc) is 2.31. The van der Waals surface area contributed by atoms with Gasteiger partial charge in [0.25, 0.3) is 0 Å². The Morgan fingerprint density at radius 2 is 1.56 bits per heavy atom. The van der Waals surface area contributed by atoms with E-state index in [2.05, 4.69) is 18.2 Å². The highest BCUT2D eigenvalue weighted by molar-refractivity contribution is 5.38. The maximum absolute atomic E-state index is 9.60. The van der Waals surface area contributed by atoms with Crippen molar-refractivity contribution in [3.8, 4) is 0 Å². The Bertz CT molecular complexity index is 446. The van der Waals surface area contributed by atoms with Gasteiger partial charge in [0, 0.05) is 0 Å². The molecular weight excluding hydrogens is 196 g/mol. The fourth-order valence-corrected chi connectivity index (χ4v) is 1.84. The molecule has 2 aromatic rings. The van der Waals surface area contributed by atoms with Gasteiger partial charge in [0.2, 0.25) is 0 Å². The molecule has 0 aliphatic heterocycles. The minimum absolute atomic E-state index is 0.381. The van der Waals surface area contributed by atoms with E-state index >= 15 is 0 Å². The number of rotatable bonds is 3. The fraction of sp³-hybridized carbons (Fsp3) is 0.133. The zero-order chi connectivity index (χ0) is 11.4. The second-order valence-electron chi connectivity index (χ2n) is 3.90. The predicted molar refractivity (Wildman–Crippen MR) is 65.6 cm³/mol. The van der Waals surface area contributed by atoms with Gasteiger partial charge in [-0.05, 0) is 30.0 Å². The Balaban J connectivity index is 2.28. The summed E-state index contributed by atoms with van der Waals surface area (Å²) in [4.78, 5) is 0. The van der Waals surface area contributed by atoms with E-state index in [1.54, 1.807) is 6.92 Å². The number of hydrogen-bond donors (Lipinski definition) is 1. The van der Waals surface area contributed by atoms with Crippen molar-refractivity contribution < 1.29 is 5.11 Å². The number of benzene rings is 2. The third-order valence-electron chi connectivity index (χ3n) is 2.64. The number of aliphatic hydroxyl groups excluding tert-OH is 1. The van der Waals surface area contributed by atoms with Crippen molar-refractivity contribution in [3.05, 3.63) is 77.4 Å². The first-order valence-corrected chi connectivity index (χ1v) is 5.42. The second-order valence-corrected chi connectivity index (χ2v) is 3.90. The summed E-state index contributed by atoms with van der Waals surface area (Å²) in [7, 11) is 0. The minimum atomic E-state index is 0.381. The molecule has 16 heavy (non-hydrogen) atoms. The van der Waals surface area contributed by atoms with Crippen LogP contribution < -0.4 is 0 Å². The van der Waals surface area contributed by atoms with Crippen molar-refractivity contribution in [1.82, 2.24) is 0 Å². The highest BCUT2D eigenvalue weighted by atomic mass is 16.3. The molecule has 81 valence electrons. The van der Waals surface area contributed by atoms with Crippen molar-refractivity contribution in [2.24, 2.45) is 0 Å². The summed E-state index contributed by atoms with van der Waals surface area (Å²) in [6, 6.07) is 18.2. The lowest BCUT2D eigenvalue weighted by Gasteiger charge is -2.10. The van der Waals surface area contributed by atoms with Gasteiger partial charge in [-0.2, -0.15) is 0 Å². The largest absolute Gasteiger partial charge is 0.382 e. The van der Waals surface area contributed by atoms with Gasteiger partial charge in [0.15, 0.2) is 0 Å². The van der Waals surface area contributed by atoms with Crippen molar-refractivity contribution in [2.75, 3.05) is 0 Å². The molecule has 0 aliphatic rings. The Morgan fingerprint density at radius 1 is 0.938 bits per heavy atom. The molecule has 0 saturated carbocycles. The van der Waals surface area contributed by atoms with Crippen LogP contribution in [0.5, 0.6) is 0 Å². The van der Waals surface area contributed by atoms with E-state index in [1.807, 2.05) is 36.4 Å². The fourth-order valence-electron chi connectivity index (χ4n) is 1.84. The van der Waals surface area contributed by atoms with Crippen LogP contribution >= 0.6 is 0 Å². The molecule has 1 radical (unpaired) electrons. The van der Waals surface area contributed by atoms with Gasteiger partial charge in [-0.3, -0.25) is 0 Å². The predicted octanol–water partition coefficient (Wildman–Crippen LogP) is 3.55. The molecular formula is C15H15O. The Morgan fingerprint density at radius 3 is 2.25 bits per heavy atom. The van der Waals surface area contributed by atoms with E-state index in [0.29, 0.717) is 6.10 Å². The highest BCUT2D eigenvalue weighted by Gasteiger charge is 2.07. The standard InChI is InChI=1S/C15H15O/c1-12(16)15-10-6-5-9-14(15)11-13-7-3-2-4-8-13/h2-10,16H,11H2,1H3. The molecule has 0 unspecified atom stereocenters. The SMILES string of the molecule is C[C](O)c1ccccc1Cc1ccccc1. The van der Waals surface area contributed by atoms with Gasteiger partial charge in [0.1, 0.15) is 6.10 Å². The molecule has 0 amide bonds. The summed E-state index contributed by atoms with van der Waals surface area (Å²) in [6.07, 6.45) is 1.24. The molecule has 2 aromatic carbocycles. The van der Waals surface area contributed by atoms with Crippen LogP contribution in [0.2, 0.25) is 0 Å². The van der Waals surface area contributed by atoms with Gasteiger partial charge in [-0.15, -0.1) is 0 Å². The van der Waals surface area contributed by atoms with E-state index < -0.39 is 0 Å². The third kappa shape index (κ3) is 2.50. The Kier molecular flexibility index (Phi) is 3.37. The van der Waals surface area contributed by atoms with E-state index in [0.717, 1.165) is 17.5 Å². The van der Waals surface area contributed by atoms with Crippen LogP contribution in [-0.4, -0.2) is 5.11 Å². The zero-order valence-corrected chi connectivity index (χ0v) is 9.35. The van der Waals surface area contributed by atoms with Crippen LogP contribution in [0.1, 0.15) is 23.6 Å². The van der Waals surface area contributed by atoms with Gasteiger partial charge >= 0.3 is 0 Å². The molecule has 0 saturated heterocycles. The van der Waals surface area contributed by atoms with Crippen LogP contribution in [0.15, 0.2) is 54.6 Å². The van der Waals surface area contributed by atoms with Crippen molar-refractivity contribution >= 4 is 0 Å². The van der Waals surface area contributed by atoms with Crippen molar-refractivity contribution in [3.63, 3.8) is 0 Å². The zero-order valence-electron chi connectivity index (χ0n) is 9.35. The molecule has 0 spiro atoms. The highest BCUT2D eigenvalue weighted by Crippen LogP contribution is 2.19. The molecule has 0 aromatic heterocycles. The topological polar surface area (TPSA) is 20.2 Å². The summed E-state index contributed by atoms with van der Waals surface area (Å²) in [5.41, 5.74) is 3.36. The number of hydrogen-bond acceptors (Lipinski definition) is 1. The van der Waals surface area contributed by atoms with Crippen LogP contribution in [0.25, 0.3) is 0 Å². The quantitative estimate of drug-likeness (QED) is 0.823. The lowest BCUT2D eigenvalue weighted by atomic mass is 9.97. The van der Waals surface area contributed by atoms with E-state index in [-0.39, 0.29) is 0 Å². The lowest BCUT2D eigenvalue weighted by Crippen LogP contribution is -1.99. The Hall–Kier alpha value is -1.60. The Labute approximate surface area is 96.4 Å². The normalized spacial score (nSPS) is 10.7. The van der Waals surface area contributed by atoms with Crippen molar-refractivity contribution in [2.45, 2.75) is 13.3 Å². The van der Waals surface area contributed by atoms with Gasteiger partial charge in [-0.1, -0.05) is 54.6 Å². The van der Waals surface area contributed by atoms with Crippen LogP contribution in [0.3, 0.4) is 0 Å². The van der Waals surface area contributed by atoms with Gasteiger partial charge < -0.3 is 5.11 Å². The maximum atomic E-state index is 9.60. The summed E-state index contributed by atoms with van der Waals surface area (Å²) in [5.74, 6) is 0. The molecule has 0 fully saturated rings. The monoisotopic (exact) mass is 211 g/mol. The van der Waals surface area contributed by atoms with E-state index in [1.165, 1.54) is 5.56 Å². The molecule has 1 N–H and O–H groups in total. The smallest absolute Gasteiger partial charge is 0.120 e.